The number of rotatable bonds is 21. The molecule has 0 amide bonds. The zero-order valence-electron chi connectivity index (χ0n) is 19.0. The molecule has 0 fully saturated rings. The van der Waals surface area contributed by atoms with Crippen LogP contribution in [0.25, 0.3) is 0 Å². The Morgan fingerprint density at radius 3 is 1.66 bits per heavy atom. The summed E-state index contributed by atoms with van der Waals surface area (Å²) in [6, 6.07) is 0. The maximum Gasteiger partial charge on any atom is 0.333 e. The Balaban J connectivity index is 3.23. The highest BCUT2D eigenvalue weighted by Gasteiger charge is 2.12. The summed E-state index contributed by atoms with van der Waals surface area (Å²) in [7, 11) is 1.28. The maximum atomic E-state index is 11.6. The van der Waals surface area contributed by atoms with Gasteiger partial charge in [-0.3, -0.25) is 4.79 Å². The molecule has 0 saturated heterocycles. The lowest BCUT2D eigenvalue weighted by molar-refractivity contribution is -0.144. The Kier molecular flexibility index (Phi) is 20.3. The van der Waals surface area contributed by atoms with Gasteiger partial charge in [0.25, 0.3) is 0 Å². The van der Waals surface area contributed by atoms with E-state index in [1.54, 1.807) is 0 Å². The third kappa shape index (κ3) is 19.7. The molecule has 5 nitrogen and oxygen atoms in total. The highest BCUT2D eigenvalue weighted by atomic mass is 16.5. The number of carbonyl (C=O) groups is 2. The molecule has 0 aliphatic rings. The first kappa shape index (κ1) is 27.6. The monoisotopic (exact) mass is 412 g/mol. The first-order chi connectivity index (χ1) is 14.1. The second-order valence-electron chi connectivity index (χ2n) is 7.70. The predicted molar refractivity (Wildman–Crippen MR) is 118 cm³/mol. The molecule has 0 aromatic carbocycles. The van der Waals surface area contributed by atoms with Crippen LogP contribution in [0.15, 0.2) is 12.2 Å². The Hall–Kier alpha value is -1.36. The van der Waals surface area contributed by atoms with Crippen LogP contribution in [0, 0.1) is 0 Å². The molecule has 0 aromatic rings. The van der Waals surface area contributed by atoms with Gasteiger partial charge in [-0.2, -0.15) is 0 Å². The van der Waals surface area contributed by atoms with Gasteiger partial charge < -0.3 is 14.2 Å². The Morgan fingerprint density at radius 2 is 1.14 bits per heavy atom. The zero-order valence-corrected chi connectivity index (χ0v) is 19.0. The van der Waals surface area contributed by atoms with E-state index in [9.17, 15) is 9.59 Å². The van der Waals surface area contributed by atoms with Crippen molar-refractivity contribution in [3.8, 4) is 0 Å². The summed E-state index contributed by atoms with van der Waals surface area (Å²) in [6.07, 6.45) is 17.6. The van der Waals surface area contributed by atoms with Crippen LogP contribution < -0.4 is 0 Å². The van der Waals surface area contributed by atoms with Crippen molar-refractivity contribution in [2.75, 3.05) is 26.9 Å². The second kappa shape index (κ2) is 21.4. The summed E-state index contributed by atoms with van der Waals surface area (Å²) in [5.41, 5.74) is 0.125. The summed E-state index contributed by atoms with van der Waals surface area (Å²) in [5, 5.41) is 0. The van der Waals surface area contributed by atoms with Gasteiger partial charge in [0.2, 0.25) is 0 Å². The largest absolute Gasteiger partial charge is 0.469 e. The van der Waals surface area contributed by atoms with Gasteiger partial charge in [0, 0.05) is 18.8 Å². The van der Waals surface area contributed by atoms with Crippen molar-refractivity contribution < 1.29 is 23.8 Å². The SMILES string of the molecule is C=C(CC(=O)OC)C(=O)OCCCCOCCCCCCCCCCCCCC. The quantitative estimate of drug-likeness (QED) is 0.129. The van der Waals surface area contributed by atoms with E-state index in [0.717, 1.165) is 25.9 Å². The standard InChI is InChI=1S/C24H44O5/c1-4-5-6-7-8-9-10-11-12-13-14-15-18-28-19-16-17-20-29-24(26)22(2)21-23(25)27-3/h2,4-21H2,1,3H3. The maximum absolute atomic E-state index is 11.6. The molecular weight excluding hydrogens is 368 g/mol. The minimum atomic E-state index is -0.534. The fraction of sp³-hybridized carbons (Fsp3) is 0.833. The van der Waals surface area contributed by atoms with Gasteiger partial charge >= 0.3 is 11.9 Å². The van der Waals surface area contributed by atoms with E-state index in [4.69, 9.17) is 9.47 Å². The van der Waals surface area contributed by atoms with E-state index in [2.05, 4.69) is 18.2 Å². The van der Waals surface area contributed by atoms with Gasteiger partial charge in [-0.1, -0.05) is 84.1 Å². The summed E-state index contributed by atoms with van der Waals surface area (Å²) >= 11 is 0. The first-order valence-electron chi connectivity index (χ1n) is 11.6. The number of methoxy groups -OCH3 is 1. The fourth-order valence-electron chi connectivity index (χ4n) is 3.04. The van der Waals surface area contributed by atoms with Crippen LogP contribution in [-0.2, 0) is 23.8 Å². The van der Waals surface area contributed by atoms with Gasteiger partial charge in [-0.25, -0.2) is 4.79 Å². The highest BCUT2D eigenvalue weighted by Crippen LogP contribution is 2.12. The van der Waals surface area contributed by atoms with Crippen molar-refractivity contribution in [1.29, 1.82) is 0 Å². The van der Waals surface area contributed by atoms with Gasteiger partial charge in [-0.15, -0.1) is 0 Å². The number of ether oxygens (including phenoxy) is 3. The molecule has 0 N–H and O–H groups in total. The van der Waals surface area contributed by atoms with Crippen molar-refractivity contribution in [3.05, 3.63) is 12.2 Å². The number of hydrogen-bond donors (Lipinski definition) is 0. The van der Waals surface area contributed by atoms with E-state index >= 15 is 0 Å². The van der Waals surface area contributed by atoms with Crippen LogP contribution in [0.3, 0.4) is 0 Å². The van der Waals surface area contributed by atoms with E-state index in [0.29, 0.717) is 13.2 Å². The molecule has 0 spiro atoms. The van der Waals surface area contributed by atoms with Crippen LogP contribution in [0.4, 0.5) is 0 Å². The van der Waals surface area contributed by atoms with Gasteiger partial charge in [0.15, 0.2) is 0 Å². The fourth-order valence-corrected chi connectivity index (χ4v) is 3.04. The Morgan fingerprint density at radius 1 is 0.690 bits per heavy atom. The van der Waals surface area contributed by atoms with E-state index < -0.39 is 11.9 Å². The third-order valence-corrected chi connectivity index (χ3v) is 4.93. The normalized spacial score (nSPS) is 10.7. The average Bonchev–Trinajstić information content (AvgIpc) is 2.72. The van der Waals surface area contributed by atoms with E-state index in [1.807, 2.05) is 0 Å². The van der Waals surface area contributed by atoms with Crippen molar-refractivity contribution in [2.24, 2.45) is 0 Å². The molecule has 0 unspecified atom stereocenters. The molecule has 0 radical (unpaired) electrons. The summed E-state index contributed by atoms with van der Waals surface area (Å²) in [4.78, 5) is 22.7. The molecule has 0 bridgehead atoms. The van der Waals surface area contributed by atoms with Crippen molar-refractivity contribution in [3.63, 3.8) is 0 Å². The van der Waals surface area contributed by atoms with Crippen LogP contribution in [0.2, 0.25) is 0 Å². The minimum Gasteiger partial charge on any atom is -0.469 e. The van der Waals surface area contributed by atoms with E-state index in [-0.39, 0.29) is 12.0 Å². The lowest BCUT2D eigenvalue weighted by Gasteiger charge is -2.07. The summed E-state index contributed by atoms with van der Waals surface area (Å²) in [6.45, 7) is 7.63. The van der Waals surface area contributed by atoms with Crippen LogP contribution >= 0.6 is 0 Å². The van der Waals surface area contributed by atoms with Crippen LogP contribution in [-0.4, -0.2) is 38.9 Å². The molecule has 0 saturated carbocycles. The van der Waals surface area contributed by atoms with Crippen molar-refractivity contribution in [2.45, 2.75) is 103 Å². The molecule has 29 heavy (non-hydrogen) atoms. The molecule has 0 atom stereocenters. The predicted octanol–water partition coefficient (Wildman–Crippen LogP) is 6.15. The first-order valence-corrected chi connectivity index (χ1v) is 11.6. The zero-order chi connectivity index (χ0) is 21.6. The van der Waals surface area contributed by atoms with Crippen molar-refractivity contribution in [1.82, 2.24) is 0 Å². The Labute approximate surface area is 178 Å². The molecule has 0 heterocycles. The van der Waals surface area contributed by atoms with Gasteiger partial charge in [0.05, 0.1) is 20.1 Å². The van der Waals surface area contributed by atoms with Gasteiger partial charge in [-0.05, 0) is 19.3 Å². The topological polar surface area (TPSA) is 61.8 Å². The number of carbonyl (C=O) groups excluding carboxylic acids is 2. The van der Waals surface area contributed by atoms with Crippen LogP contribution in [0.5, 0.6) is 0 Å². The second-order valence-corrected chi connectivity index (χ2v) is 7.70. The molecule has 0 rings (SSSR count). The van der Waals surface area contributed by atoms with E-state index in [1.165, 1.54) is 77.7 Å². The smallest absolute Gasteiger partial charge is 0.333 e. The lowest BCUT2D eigenvalue weighted by atomic mass is 10.1. The van der Waals surface area contributed by atoms with Gasteiger partial charge in [0.1, 0.15) is 0 Å². The molecule has 0 aliphatic heterocycles. The molecular formula is C24H44O5. The molecule has 5 heteroatoms. The number of hydrogen-bond acceptors (Lipinski definition) is 5. The number of esters is 2. The lowest BCUT2D eigenvalue weighted by Crippen LogP contribution is -2.12. The average molecular weight is 413 g/mol. The summed E-state index contributed by atoms with van der Waals surface area (Å²) in [5.74, 6) is -1.02. The third-order valence-electron chi connectivity index (χ3n) is 4.93. The number of unbranched alkanes of at least 4 members (excludes halogenated alkanes) is 12. The highest BCUT2D eigenvalue weighted by molar-refractivity contribution is 5.93. The van der Waals surface area contributed by atoms with Crippen LogP contribution in [0.1, 0.15) is 103 Å². The summed E-state index contributed by atoms with van der Waals surface area (Å²) < 4.78 is 15.2. The molecule has 0 aliphatic carbocycles. The van der Waals surface area contributed by atoms with Crippen molar-refractivity contribution >= 4 is 11.9 Å². The minimum absolute atomic E-state index is 0.125. The molecule has 0 aromatic heterocycles. The molecule has 170 valence electrons. The Bertz CT molecular complexity index is 419.